The van der Waals surface area contributed by atoms with Crippen molar-refractivity contribution in [2.24, 2.45) is 5.92 Å². The van der Waals surface area contributed by atoms with Crippen molar-refractivity contribution in [1.29, 1.82) is 0 Å². The SMILES string of the molecule is Oc1ccccc1CN1CCC(NCC2CC2)CC1. The Kier molecular flexibility index (Phi) is 4.04. The third kappa shape index (κ3) is 3.71. The third-order valence-electron chi connectivity index (χ3n) is 4.37. The average molecular weight is 260 g/mol. The lowest BCUT2D eigenvalue weighted by atomic mass is 10.0. The Bertz CT molecular complexity index is 409. The molecule has 1 aromatic rings. The van der Waals surface area contributed by atoms with Crippen LogP contribution in [0.2, 0.25) is 0 Å². The maximum Gasteiger partial charge on any atom is 0.120 e. The average Bonchev–Trinajstić information content (AvgIpc) is 3.25. The van der Waals surface area contributed by atoms with Gasteiger partial charge in [0.25, 0.3) is 0 Å². The Morgan fingerprint density at radius 2 is 1.84 bits per heavy atom. The molecule has 1 aliphatic heterocycles. The van der Waals surface area contributed by atoms with Crippen LogP contribution >= 0.6 is 0 Å². The molecule has 1 heterocycles. The number of benzene rings is 1. The molecule has 0 unspecified atom stereocenters. The Hall–Kier alpha value is -1.06. The quantitative estimate of drug-likeness (QED) is 0.853. The number of hydrogen-bond acceptors (Lipinski definition) is 3. The summed E-state index contributed by atoms with van der Waals surface area (Å²) in [6.45, 7) is 4.37. The minimum absolute atomic E-state index is 0.427. The lowest BCUT2D eigenvalue weighted by molar-refractivity contribution is 0.188. The summed E-state index contributed by atoms with van der Waals surface area (Å²) in [6.07, 6.45) is 5.33. The molecule has 2 fully saturated rings. The number of phenolic OH excluding ortho intramolecular Hbond substituents is 1. The molecular formula is C16H24N2O. The molecule has 0 radical (unpaired) electrons. The number of rotatable bonds is 5. The predicted molar refractivity (Wildman–Crippen MR) is 77.1 cm³/mol. The zero-order chi connectivity index (χ0) is 13.1. The molecule has 0 bridgehead atoms. The van der Waals surface area contributed by atoms with Gasteiger partial charge in [-0.2, -0.15) is 0 Å². The first-order chi connectivity index (χ1) is 9.31. The molecule has 104 valence electrons. The highest BCUT2D eigenvalue weighted by Gasteiger charge is 2.24. The zero-order valence-electron chi connectivity index (χ0n) is 11.5. The summed E-state index contributed by atoms with van der Waals surface area (Å²) in [6, 6.07) is 8.39. The van der Waals surface area contributed by atoms with E-state index in [-0.39, 0.29) is 0 Å². The van der Waals surface area contributed by atoms with Crippen molar-refractivity contribution in [3.05, 3.63) is 29.8 Å². The molecule has 3 rings (SSSR count). The number of para-hydroxylation sites is 1. The zero-order valence-corrected chi connectivity index (χ0v) is 11.5. The van der Waals surface area contributed by atoms with Crippen molar-refractivity contribution in [3.63, 3.8) is 0 Å². The van der Waals surface area contributed by atoms with E-state index >= 15 is 0 Å². The van der Waals surface area contributed by atoms with Gasteiger partial charge in [-0.1, -0.05) is 18.2 Å². The molecule has 2 N–H and O–H groups in total. The largest absolute Gasteiger partial charge is 0.508 e. The highest BCUT2D eigenvalue weighted by Crippen LogP contribution is 2.28. The summed E-state index contributed by atoms with van der Waals surface area (Å²) in [5.41, 5.74) is 1.05. The van der Waals surface area contributed by atoms with E-state index in [0.717, 1.165) is 31.1 Å². The Balaban J connectivity index is 1.43. The first-order valence-electron chi connectivity index (χ1n) is 7.54. The van der Waals surface area contributed by atoms with Crippen molar-refractivity contribution in [2.45, 2.75) is 38.3 Å². The van der Waals surface area contributed by atoms with Crippen molar-refractivity contribution < 1.29 is 5.11 Å². The summed E-state index contributed by atoms with van der Waals surface area (Å²) in [5.74, 6) is 1.40. The third-order valence-corrected chi connectivity index (χ3v) is 4.37. The van der Waals surface area contributed by atoms with Gasteiger partial charge >= 0.3 is 0 Å². The van der Waals surface area contributed by atoms with Crippen LogP contribution in [0, 0.1) is 5.92 Å². The molecule has 2 aliphatic rings. The maximum atomic E-state index is 9.81. The molecular weight excluding hydrogens is 236 g/mol. The second kappa shape index (κ2) is 5.93. The van der Waals surface area contributed by atoms with E-state index in [4.69, 9.17) is 0 Å². The first-order valence-corrected chi connectivity index (χ1v) is 7.54. The van der Waals surface area contributed by atoms with Crippen molar-refractivity contribution >= 4 is 0 Å². The highest BCUT2D eigenvalue weighted by atomic mass is 16.3. The number of nitrogens with zero attached hydrogens (tertiary/aromatic N) is 1. The van der Waals surface area contributed by atoms with Gasteiger partial charge in [-0.3, -0.25) is 4.90 Å². The topological polar surface area (TPSA) is 35.5 Å². The van der Waals surface area contributed by atoms with E-state index in [1.54, 1.807) is 6.07 Å². The summed E-state index contributed by atoms with van der Waals surface area (Å²) >= 11 is 0. The standard InChI is InChI=1S/C16H24N2O/c19-16-4-2-1-3-14(16)12-18-9-7-15(8-10-18)17-11-13-5-6-13/h1-4,13,15,17,19H,5-12H2. The number of phenols is 1. The summed E-state index contributed by atoms with van der Waals surface area (Å²) in [7, 11) is 0. The molecule has 1 aliphatic carbocycles. The van der Waals surface area contributed by atoms with Crippen LogP contribution in [0.25, 0.3) is 0 Å². The van der Waals surface area contributed by atoms with Crippen LogP contribution in [0.3, 0.4) is 0 Å². The number of piperidine rings is 1. The maximum absolute atomic E-state index is 9.81. The second-order valence-corrected chi connectivity index (χ2v) is 6.03. The van der Waals surface area contributed by atoms with Gasteiger partial charge in [-0.25, -0.2) is 0 Å². The van der Waals surface area contributed by atoms with Crippen molar-refractivity contribution in [3.8, 4) is 5.75 Å². The van der Waals surface area contributed by atoms with Crippen LogP contribution in [-0.2, 0) is 6.54 Å². The van der Waals surface area contributed by atoms with E-state index < -0.39 is 0 Å². The van der Waals surface area contributed by atoms with Crippen molar-refractivity contribution in [2.75, 3.05) is 19.6 Å². The van der Waals surface area contributed by atoms with Gasteiger partial charge in [0.1, 0.15) is 5.75 Å². The number of hydrogen-bond donors (Lipinski definition) is 2. The van der Waals surface area contributed by atoms with Gasteiger partial charge in [0.05, 0.1) is 0 Å². The number of aromatic hydroxyl groups is 1. The molecule has 1 saturated carbocycles. The first kappa shape index (κ1) is 12.9. The van der Waals surface area contributed by atoms with Crippen LogP contribution in [0.5, 0.6) is 5.75 Å². The molecule has 3 nitrogen and oxygen atoms in total. The monoisotopic (exact) mass is 260 g/mol. The lowest BCUT2D eigenvalue weighted by Crippen LogP contribution is -2.42. The fourth-order valence-corrected chi connectivity index (χ4v) is 2.84. The van der Waals surface area contributed by atoms with E-state index in [0.29, 0.717) is 11.8 Å². The summed E-state index contributed by atoms with van der Waals surface area (Å²) in [4.78, 5) is 2.45. The van der Waals surface area contributed by atoms with Crippen LogP contribution in [0.1, 0.15) is 31.2 Å². The molecule has 0 amide bonds. The smallest absolute Gasteiger partial charge is 0.120 e. The van der Waals surface area contributed by atoms with Crippen LogP contribution in [-0.4, -0.2) is 35.7 Å². The van der Waals surface area contributed by atoms with E-state index in [1.165, 1.54) is 32.2 Å². The molecule has 1 saturated heterocycles. The normalized spacial score (nSPS) is 21.7. The summed E-state index contributed by atoms with van der Waals surface area (Å²) in [5, 5.41) is 13.5. The predicted octanol–water partition coefficient (Wildman–Crippen LogP) is 2.36. The fourth-order valence-electron chi connectivity index (χ4n) is 2.84. The second-order valence-electron chi connectivity index (χ2n) is 6.03. The molecule has 0 spiro atoms. The molecule has 3 heteroatoms. The minimum atomic E-state index is 0.427. The molecule has 0 atom stereocenters. The van der Waals surface area contributed by atoms with E-state index in [2.05, 4.69) is 10.2 Å². The van der Waals surface area contributed by atoms with Crippen molar-refractivity contribution in [1.82, 2.24) is 10.2 Å². The van der Waals surface area contributed by atoms with Gasteiger partial charge in [-0.05, 0) is 57.3 Å². The van der Waals surface area contributed by atoms with Gasteiger partial charge in [0.2, 0.25) is 0 Å². The molecule has 1 aromatic carbocycles. The molecule has 0 aromatic heterocycles. The Morgan fingerprint density at radius 1 is 1.11 bits per heavy atom. The summed E-state index contributed by atoms with van der Waals surface area (Å²) < 4.78 is 0. The van der Waals surface area contributed by atoms with Crippen LogP contribution in [0.4, 0.5) is 0 Å². The molecule has 19 heavy (non-hydrogen) atoms. The Labute approximate surface area is 115 Å². The number of likely N-dealkylation sites (tertiary alicyclic amines) is 1. The number of nitrogens with one attached hydrogen (secondary N) is 1. The Morgan fingerprint density at radius 3 is 2.53 bits per heavy atom. The van der Waals surface area contributed by atoms with Gasteiger partial charge in [0, 0.05) is 18.2 Å². The van der Waals surface area contributed by atoms with Crippen LogP contribution in [0.15, 0.2) is 24.3 Å². The van der Waals surface area contributed by atoms with E-state index in [1.807, 2.05) is 18.2 Å². The minimum Gasteiger partial charge on any atom is -0.508 e. The van der Waals surface area contributed by atoms with Gasteiger partial charge < -0.3 is 10.4 Å². The fraction of sp³-hybridized carbons (Fsp3) is 0.625. The van der Waals surface area contributed by atoms with Crippen LogP contribution < -0.4 is 5.32 Å². The lowest BCUT2D eigenvalue weighted by Gasteiger charge is -2.32. The van der Waals surface area contributed by atoms with Gasteiger partial charge in [0.15, 0.2) is 0 Å². The van der Waals surface area contributed by atoms with E-state index in [9.17, 15) is 5.11 Å². The van der Waals surface area contributed by atoms with Gasteiger partial charge in [-0.15, -0.1) is 0 Å². The highest BCUT2D eigenvalue weighted by molar-refractivity contribution is 5.31.